The van der Waals surface area contributed by atoms with Crippen molar-refractivity contribution in [2.45, 2.75) is 41.0 Å². The molecule has 2 unspecified atom stereocenters. The van der Waals surface area contributed by atoms with E-state index in [1.54, 1.807) is 0 Å². The van der Waals surface area contributed by atoms with Gasteiger partial charge in [0.15, 0.2) is 0 Å². The highest BCUT2D eigenvalue weighted by molar-refractivity contribution is 6.04. The highest BCUT2D eigenvalue weighted by Gasteiger charge is 2.12. The molecular formula is C9H21ClO. The predicted molar refractivity (Wildman–Crippen MR) is 51.5 cm³/mol. The lowest BCUT2D eigenvalue weighted by Crippen LogP contribution is -2.12. The van der Waals surface area contributed by atoms with Gasteiger partial charge in [-0.1, -0.05) is 41.0 Å². The molecule has 0 saturated heterocycles. The van der Waals surface area contributed by atoms with E-state index >= 15 is 0 Å². The second-order valence-corrected chi connectivity index (χ2v) is 3.49. The van der Waals surface area contributed by atoms with Gasteiger partial charge in [-0.05, 0) is 17.8 Å². The molecule has 0 aliphatic carbocycles. The third kappa shape index (κ3) is 6.64. The Morgan fingerprint density at radius 2 is 1.45 bits per heavy atom. The smallest absolute Gasteiger partial charge is 0.0579 e. The molecule has 0 heterocycles. The molecule has 0 aromatic carbocycles. The van der Waals surface area contributed by atoms with Crippen molar-refractivity contribution >= 4 is 11.9 Å². The van der Waals surface area contributed by atoms with Crippen LogP contribution in [0.1, 0.15) is 41.0 Å². The van der Waals surface area contributed by atoms with Crippen molar-refractivity contribution in [2.24, 2.45) is 17.8 Å². The maximum absolute atomic E-state index is 6.47. The molecule has 0 rings (SSSR count). The fourth-order valence-corrected chi connectivity index (χ4v) is 1.03. The first-order valence-corrected chi connectivity index (χ1v) is 4.60. The Bertz CT molecular complexity index is 74.0. The summed E-state index contributed by atoms with van der Waals surface area (Å²) in [5.74, 6) is 2.62. The zero-order valence-electron chi connectivity index (χ0n) is 8.26. The van der Waals surface area contributed by atoms with Crippen LogP contribution in [0.2, 0.25) is 0 Å². The summed E-state index contributed by atoms with van der Waals surface area (Å²) in [6, 6.07) is 0. The van der Waals surface area contributed by atoms with Gasteiger partial charge in [0.05, 0.1) is 11.9 Å². The second kappa shape index (κ2) is 8.35. The van der Waals surface area contributed by atoms with Crippen molar-refractivity contribution in [1.29, 1.82) is 0 Å². The maximum Gasteiger partial charge on any atom is 0.0579 e. The Hall–Kier alpha value is 0.250. The SMILES string of the molecule is CCC(C)C(C)C(C)C.OCl. The van der Waals surface area contributed by atoms with Gasteiger partial charge < -0.3 is 0 Å². The van der Waals surface area contributed by atoms with Crippen molar-refractivity contribution in [2.75, 3.05) is 0 Å². The van der Waals surface area contributed by atoms with Crippen LogP contribution < -0.4 is 0 Å². The van der Waals surface area contributed by atoms with E-state index in [2.05, 4.69) is 46.5 Å². The van der Waals surface area contributed by atoms with Gasteiger partial charge in [-0.2, -0.15) is 0 Å². The number of rotatable bonds is 3. The standard InChI is InChI=1S/C9H20.ClHO/c1-6-8(4)9(5)7(2)3;1-2/h7-9H,6H2,1-5H3;2H. The van der Waals surface area contributed by atoms with Crippen LogP contribution >= 0.6 is 11.9 Å². The molecular weight excluding hydrogens is 160 g/mol. The molecule has 0 aliphatic heterocycles. The van der Waals surface area contributed by atoms with Crippen LogP contribution in [0.4, 0.5) is 0 Å². The lowest BCUT2D eigenvalue weighted by atomic mass is 9.85. The Morgan fingerprint density at radius 3 is 1.55 bits per heavy atom. The van der Waals surface area contributed by atoms with E-state index < -0.39 is 0 Å². The third-order valence-electron chi connectivity index (χ3n) is 2.59. The van der Waals surface area contributed by atoms with E-state index in [0.29, 0.717) is 0 Å². The Kier molecular flexibility index (Phi) is 10.5. The second-order valence-electron chi connectivity index (χ2n) is 3.49. The first kappa shape index (κ1) is 13.8. The average Bonchev–Trinajstić information content (AvgIpc) is 2.05. The van der Waals surface area contributed by atoms with Crippen molar-refractivity contribution in [3.05, 3.63) is 0 Å². The molecule has 0 aromatic rings. The van der Waals surface area contributed by atoms with Crippen LogP contribution in [0.25, 0.3) is 0 Å². The van der Waals surface area contributed by atoms with Gasteiger partial charge in [-0.25, -0.2) is 0 Å². The minimum Gasteiger partial charge on any atom is -0.295 e. The molecule has 2 atom stereocenters. The van der Waals surface area contributed by atoms with Crippen molar-refractivity contribution < 1.29 is 4.66 Å². The number of halogens is 1. The zero-order chi connectivity index (χ0) is 9.44. The van der Waals surface area contributed by atoms with Crippen LogP contribution in [-0.4, -0.2) is 4.66 Å². The molecule has 0 spiro atoms. The first-order chi connectivity index (χ1) is 5.09. The van der Waals surface area contributed by atoms with E-state index in [1.807, 2.05) is 0 Å². The van der Waals surface area contributed by atoms with Gasteiger partial charge in [0.1, 0.15) is 0 Å². The van der Waals surface area contributed by atoms with Gasteiger partial charge in [-0.3, -0.25) is 4.66 Å². The summed E-state index contributed by atoms with van der Waals surface area (Å²) >= 11 is 3.64. The molecule has 11 heavy (non-hydrogen) atoms. The zero-order valence-corrected chi connectivity index (χ0v) is 9.02. The van der Waals surface area contributed by atoms with Crippen LogP contribution in [0.3, 0.4) is 0 Å². The van der Waals surface area contributed by atoms with Crippen LogP contribution in [0.15, 0.2) is 0 Å². The summed E-state index contributed by atoms with van der Waals surface area (Å²) in [6.45, 7) is 11.6. The quantitative estimate of drug-likeness (QED) is 0.706. The fourth-order valence-electron chi connectivity index (χ4n) is 1.03. The Balaban J connectivity index is 0. The summed E-state index contributed by atoms with van der Waals surface area (Å²) in [4.78, 5) is 0. The minimum atomic E-state index is 0.847. The van der Waals surface area contributed by atoms with Crippen molar-refractivity contribution in [3.8, 4) is 0 Å². The van der Waals surface area contributed by atoms with Gasteiger partial charge >= 0.3 is 0 Å². The molecule has 0 saturated carbocycles. The molecule has 2 heteroatoms. The number of hydrogen-bond donors (Lipinski definition) is 1. The fraction of sp³-hybridized carbons (Fsp3) is 1.00. The first-order valence-electron chi connectivity index (χ1n) is 4.26. The largest absolute Gasteiger partial charge is 0.295 e. The van der Waals surface area contributed by atoms with Crippen LogP contribution in [0, 0.1) is 17.8 Å². The molecule has 0 bridgehead atoms. The van der Waals surface area contributed by atoms with E-state index in [0.717, 1.165) is 17.8 Å². The van der Waals surface area contributed by atoms with E-state index in [1.165, 1.54) is 6.42 Å². The van der Waals surface area contributed by atoms with Gasteiger partial charge in [0, 0.05) is 0 Å². The summed E-state index contributed by atoms with van der Waals surface area (Å²) in [7, 11) is 0. The molecule has 1 N–H and O–H groups in total. The molecule has 0 aliphatic rings. The Morgan fingerprint density at radius 1 is 1.09 bits per heavy atom. The summed E-state index contributed by atoms with van der Waals surface area (Å²) in [5.41, 5.74) is 0. The average molecular weight is 181 g/mol. The third-order valence-corrected chi connectivity index (χ3v) is 2.59. The highest BCUT2D eigenvalue weighted by Crippen LogP contribution is 2.21. The van der Waals surface area contributed by atoms with Gasteiger partial charge in [0.2, 0.25) is 0 Å². The topological polar surface area (TPSA) is 20.2 Å². The van der Waals surface area contributed by atoms with Crippen LogP contribution in [-0.2, 0) is 0 Å². The molecule has 0 radical (unpaired) electrons. The summed E-state index contributed by atoms with van der Waals surface area (Å²) in [6.07, 6.45) is 1.32. The predicted octanol–water partition coefficient (Wildman–Crippen LogP) is 3.46. The molecule has 1 nitrogen and oxygen atoms in total. The van der Waals surface area contributed by atoms with Crippen molar-refractivity contribution in [3.63, 3.8) is 0 Å². The maximum atomic E-state index is 6.47. The van der Waals surface area contributed by atoms with E-state index in [-0.39, 0.29) is 0 Å². The van der Waals surface area contributed by atoms with Gasteiger partial charge in [0.25, 0.3) is 0 Å². The molecule has 0 aromatic heterocycles. The lowest BCUT2D eigenvalue weighted by molar-refractivity contribution is 0.289. The van der Waals surface area contributed by atoms with Crippen molar-refractivity contribution in [1.82, 2.24) is 0 Å². The van der Waals surface area contributed by atoms with Gasteiger partial charge in [-0.15, -0.1) is 0 Å². The summed E-state index contributed by atoms with van der Waals surface area (Å²) < 4.78 is 6.47. The minimum absolute atomic E-state index is 0.847. The molecule has 70 valence electrons. The van der Waals surface area contributed by atoms with Crippen LogP contribution in [0.5, 0.6) is 0 Å². The van der Waals surface area contributed by atoms with E-state index in [4.69, 9.17) is 4.66 Å². The summed E-state index contributed by atoms with van der Waals surface area (Å²) in [5, 5.41) is 0. The van der Waals surface area contributed by atoms with E-state index in [9.17, 15) is 0 Å². The Labute approximate surface area is 75.9 Å². The normalized spacial score (nSPS) is 15.3. The highest BCUT2D eigenvalue weighted by atomic mass is 35.5. The monoisotopic (exact) mass is 180 g/mol. The molecule has 0 amide bonds. The lowest BCUT2D eigenvalue weighted by Gasteiger charge is -2.21. The molecule has 0 fully saturated rings. The number of hydrogen-bond acceptors (Lipinski definition) is 1.